The quantitative estimate of drug-likeness (QED) is 0.592. The van der Waals surface area contributed by atoms with Crippen molar-refractivity contribution in [2.45, 2.75) is 32.9 Å². The van der Waals surface area contributed by atoms with Gasteiger partial charge in [-0.3, -0.25) is 4.90 Å². The van der Waals surface area contributed by atoms with E-state index in [9.17, 15) is 9.18 Å². The van der Waals surface area contributed by atoms with Gasteiger partial charge in [0.1, 0.15) is 28.7 Å². The van der Waals surface area contributed by atoms with Crippen LogP contribution >= 0.6 is 23.2 Å². The van der Waals surface area contributed by atoms with Crippen LogP contribution in [0.3, 0.4) is 0 Å². The van der Waals surface area contributed by atoms with Gasteiger partial charge in [-0.2, -0.15) is 19.6 Å². The van der Waals surface area contributed by atoms with Crippen LogP contribution in [0, 0.1) is 5.82 Å². The number of carbonyl (C=O) groups excluding carboxylic acids is 1. The number of fused-ring (bicyclic) bond motifs is 1. The molecule has 0 aliphatic carbocycles. The number of hydrogen-bond donors (Lipinski definition) is 0. The molecule has 1 amide bonds. The highest BCUT2D eigenvalue weighted by Crippen LogP contribution is 2.25. The van der Waals surface area contributed by atoms with Crippen LogP contribution < -0.4 is 4.90 Å². The van der Waals surface area contributed by atoms with Crippen molar-refractivity contribution in [2.24, 2.45) is 0 Å². The van der Waals surface area contributed by atoms with Crippen LogP contribution in [-0.4, -0.2) is 31.3 Å². The first-order valence-corrected chi connectivity index (χ1v) is 8.70. The number of rotatable bonds is 3. The predicted octanol–water partition coefficient (Wildman–Crippen LogP) is 4.51. The van der Waals surface area contributed by atoms with Crippen molar-refractivity contribution in [3.63, 3.8) is 0 Å². The molecule has 3 rings (SSSR count). The molecule has 7 nitrogen and oxygen atoms in total. The summed E-state index contributed by atoms with van der Waals surface area (Å²) in [6.07, 6.45) is 0.578. The van der Waals surface area contributed by atoms with Crippen LogP contribution in [0.1, 0.15) is 26.3 Å². The molecule has 0 aliphatic rings. The van der Waals surface area contributed by atoms with E-state index in [2.05, 4.69) is 15.1 Å². The van der Waals surface area contributed by atoms with Crippen molar-refractivity contribution in [3.05, 3.63) is 52.1 Å². The zero-order chi connectivity index (χ0) is 19.8. The topological polar surface area (TPSA) is 72.6 Å². The van der Waals surface area contributed by atoms with Crippen molar-refractivity contribution >= 4 is 40.9 Å². The summed E-state index contributed by atoms with van der Waals surface area (Å²) in [4.78, 5) is 22.1. The van der Waals surface area contributed by atoms with Gasteiger partial charge in [0.2, 0.25) is 0 Å². The van der Waals surface area contributed by atoms with Gasteiger partial charge in [-0.1, -0.05) is 29.3 Å². The smallest absolute Gasteiger partial charge is 0.416 e. The Morgan fingerprint density at radius 2 is 2.04 bits per heavy atom. The Bertz CT molecular complexity index is 1000. The Balaban J connectivity index is 2.09. The lowest BCUT2D eigenvalue weighted by Gasteiger charge is -2.27. The maximum atomic E-state index is 14.3. The van der Waals surface area contributed by atoms with Crippen LogP contribution in [0.5, 0.6) is 0 Å². The highest BCUT2D eigenvalue weighted by atomic mass is 35.5. The number of carbonyl (C=O) groups is 1. The third-order valence-corrected chi connectivity index (χ3v) is 3.86. The summed E-state index contributed by atoms with van der Waals surface area (Å²) < 4.78 is 21.1. The van der Waals surface area contributed by atoms with E-state index < -0.39 is 17.5 Å². The number of nitrogens with zero attached hydrogens (tertiary/aromatic N) is 5. The van der Waals surface area contributed by atoms with Crippen molar-refractivity contribution in [2.75, 3.05) is 4.90 Å². The minimum Gasteiger partial charge on any atom is -0.443 e. The van der Waals surface area contributed by atoms with Crippen molar-refractivity contribution in [1.29, 1.82) is 0 Å². The molecule has 0 N–H and O–H groups in total. The Morgan fingerprint density at radius 1 is 1.30 bits per heavy atom. The van der Waals surface area contributed by atoms with E-state index in [1.165, 1.54) is 40.0 Å². The molecule has 0 fully saturated rings. The summed E-state index contributed by atoms with van der Waals surface area (Å²) >= 11 is 11.9. The lowest BCUT2D eigenvalue weighted by Crippen LogP contribution is -2.37. The first-order chi connectivity index (χ1) is 12.6. The highest BCUT2D eigenvalue weighted by Gasteiger charge is 2.27. The maximum Gasteiger partial charge on any atom is 0.416 e. The molecular formula is C17H16Cl2FN5O2. The van der Waals surface area contributed by atoms with Crippen LogP contribution in [0.4, 0.5) is 15.0 Å². The fourth-order valence-corrected chi connectivity index (χ4v) is 2.67. The lowest BCUT2D eigenvalue weighted by atomic mass is 10.2. The second kappa shape index (κ2) is 7.28. The molecule has 0 atom stereocenters. The second-order valence-electron chi connectivity index (χ2n) is 6.71. The summed E-state index contributed by atoms with van der Waals surface area (Å²) in [5.74, 6) is -0.111. The molecule has 0 saturated carbocycles. The molecular weight excluding hydrogens is 396 g/mol. The number of hydrogen-bond acceptors (Lipinski definition) is 5. The number of aromatic nitrogens is 4. The molecule has 2 heterocycles. The largest absolute Gasteiger partial charge is 0.443 e. The van der Waals surface area contributed by atoms with E-state index in [4.69, 9.17) is 27.9 Å². The predicted molar refractivity (Wildman–Crippen MR) is 99.6 cm³/mol. The van der Waals surface area contributed by atoms with E-state index in [0.29, 0.717) is 0 Å². The molecule has 0 bridgehead atoms. The SMILES string of the molecule is CC(C)(C)OC(=O)N(Cc1ccc(Cl)cc1F)c1cc(Cl)nc2ncnn12. The Morgan fingerprint density at radius 3 is 2.70 bits per heavy atom. The molecule has 2 aromatic heterocycles. The van der Waals surface area contributed by atoms with E-state index in [1.54, 1.807) is 20.8 Å². The molecule has 0 unspecified atom stereocenters. The summed E-state index contributed by atoms with van der Waals surface area (Å²) in [6, 6.07) is 5.64. The van der Waals surface area contributed by atoms with Crippen molar-refractivity contribution in [1.82, 2.24) is 19.6 Å². The average molecular weight is 412 g/mol. The normalized spacial score (nSPS) is 11.6. The fourth-order valence-electron chi connectivity index (χ4n) is 2.34. The summed E-state index contributed by atoms with van der Waals surface area (Å²) in [5.41, 5.74) is -0.516. The average Bonchev–Trinajstić information content (AvgIpc) is 3.00. The number of benzene rings is 1. The number of ether oxygens (including phenoxy) is 1. The van der Waals surface area contributed by atoms with Gasteiger partial charge in [0.25, 0.3) is 5.78 Å². The first-order valence-electron chi connectivity index (χ1n) is 7.95. The zero-order valence-electron chi connectivity index (χ0n) is 14.8. The third-order valence-electron chi connectivity index (χ3n) is 3.44. The van der Waals surface area contributed by atoms with Gasteiger partial charge in [0.15, 0.2) is 0 Å². The standard InChI is InChI=1S/C17H16Cl2FN5O2/c1-17(2,3)27-16(26)24(8-10-4-5-11(18)6-12(10)20)14-7-13(19)23-15-21-9-22-25(14)15/h4-7,9H,8H2,1-3H3. The van der Waals surface area contributed by atoms with Gasteiger partial charge in [-0.05, 0) is 32.9 Å². The summed E-state index contributed by atoms with van der Waals surface area (Å²) in [5, 5.41) is 4.42. The number of anilines is 1. The zero-order valence-corrected chi connectivity index (χ0v) is 16.3. The molecule has 0 spiro atoms. The molecule has 142 valence electrons. The van der Waals surface area contributed by atoms with E-state index in [1.807, 2.05) is 0 Å². The molecule has 3 aromatic rings. The Labute approximate surface area is 164 Å². The van der Waals surface area contributed by atoms with Crippen molar-refractivity contribution < 1.29 is 13.9 Å². The minimum atomic E-state index is -0.758. The Hall–Kier alpha value is -2.45. The fraction of sp³-hybridized carbons (Fsp3) is 0.294. The van der Waals surface area contributed by atoms with Gasteiger partial charge in [-0.15, -0.1) is 0 Å². The molecule has 0 saturated heterocycles. The summed E-state index contributed by atoms with van der Waals surface area (Å²) in [6.45, 7) is 5.07. The van der Waals surface area contributed by atoms with Crippen LogP contribution in [0.15, 0.2) is 30.6 Å². The van der Waals surface area contributed by atoms with E-state index in [-0.39, 0.29) is 33.9 Å². The second-order valence-corrected chi connectivity index (χ2v) is 7.53. The van der Waals surface area contributed by atoms with E-state index >= 15 is 0 Å². The van der Waals surface area contributed by atoms with Gasteiger partial charge < -0.3 is 4.74 Å². The van der Waals surface area contributed by atoms with Gasteiger partial charge >= 0.3 is 6.09 Å². The van der Waals surface area contributed by atoms with Crippen LogP contribution in [-0.2, 0) is 11.3 Å². The van der Waals surface area contributed by atoms with Gasteiger partial charge in [0, 0.05) is 16.7 Å². The molecule has 0 radical (unpaired) electrons. The number of halogens is 3. The van der Waals surface area contributed by atoms with Crippen molar-refractivity contribution in [3.8, 4) is 0 Å². The highest BCUT2D eigenvalue weighted by molar-refractivity contribution is 6.30. The lowest BCUT2D eigenvalue weighted by molar-refractivity contribution is 0.0575. The van der Waals surface area contributed by atoms with Crippen LogP contribution in [0.2, 0.25) is 10.2 Å². The molecule has 1 aromatic carbocycles. The molecule has 27 heavy (non-hydrogen) atoms. The number of amides is 1. The Kier molecular flexibility index (Phi) is 5.21. The van der Waals surface area contributed by atoms with Gasteiger partial charge in [-0.25, -0.2) is 9.18 Å². The summed E-state index contributed by atoms with van der Waals surface area (Å²) in [7, 11) is 0. The first kappa shape index (κ1) is 19.3. The van der Waals surface area contributed by atoms with E-state index in [0.717, 1.165) is 0 Å². The maximum absolute atomic E-state index is 14.3. The van der Waals surface area contributed by atoms with Crippen LogP contribution in [0.25, 0.3) is 5.78 Å². The van der Waals surface area contributed by atoms with Gasteiger partial charge in [0.05, 0.1) is 6.54 Å². The molecule has 10 heteroatoms. The minimum absolute atomic E-state index is 0.107. The monoisotopic (exact) mass is 411 g/mol. The molecule has 0 aliphatic heterocycles. The third kappa shape index (κ3) is 4.45.